The van der Waals surface area contributed by atoms with E-state index in [9.17, 15) is 0 Å². The summed E-state index contributed by atoms with van der Waals surface area (Å²) in [5.41, 5.74) is 8.61. The topological polar surface area (TPSA) is 67.6 Å². The first-order chi connectivity index (χ1) is 8.53. The highest BCUT2D eigenvalue weighted by Gasteiger charge is 2.24. The predicted molar refractivity (Wildman–Crippen MR) is 73.3 cm³/mol. The van der Waals surface area contributed by atoms with Gasteiger partial charge in [0.05, 0.1) is 5.69 Å². The van der Waals surface area contributed by atoms with Gasteiger partial charge in [0, 0.05) is 29.1 Å². The Balaban J connectivity index is 2.44. The molecule has 2 aromatic heterocycles. The van der Waals surface area contributed by atoms with Gasteiger partial charge >= 0.3 is 0 Å². The lowest BCUT2D eigenvalue weighted by Gasteiger charge is -2.22. The van der Waals surface area contributed by atoms with Crippen LogP contribution in [0, 0.1) is 6.92 Å². The molecule has 2 rings (SSSR count). The Morgan fingerprint density at radius 1 is 1.33 bits per heavy atom. The Kier molecular flexibility index (Phi) is 3.48. The molecular formula is C14H20N4. The Morgan fingerprint density at radius 3 is 2.72 bits per heavy atom. The van der Waals surface area contributed by atoms with Crippen LogP contribution < -0.4 is 5.73 Å². The fraction of sp³-hybridized carbons (Fsp3) is 0.429. The molecule has 96 valence electrons. The summed E-state index contributed by atoms with van der Waals surface area (Å²) < 4.78 is 0. The molecule has 0 bridgehead atoms. The van der Waals surface area contributed by atoms with Crippen LogP contribution in [-0.2, 0) is 5.41 Å². The highest BCUT2D eigenvalue weighted by atomic mass is 14.9. The van der Waals surface area contributed by atoms with Crippen LogP contribution in [0.25, 0.3) is 11.3 Å². The van der Waals surface area contributed by atoms with Crippen LogP contribution in [0.1, 0.15) is 31.8 Å². The normalized spacial score (nSPS) is 11.8. The minimum atomic E-state index is -0.0914. The SMILES string of the molecule is Cc1cc(-c2cc[nH]c2)nc(C(C)(C)CCN)n1. The number of rotatable bonds is 4. The molecule has 0 fully saturated rings. The molecule has 0 atom stereocenters. The van der Waals surface area contributed by atoms with E-state index in [1.54, 1.807) is 0 Å². The van der Waals surface area contributed by atoms with E-state index < -0.39 is 0 Å². The number of H-pyrrole nitrogens is 1. The van der Waals surface area contributed by atoms with E-state index in [0.29, 0.717) is 6.54 Å². The molecule has 4 heteroatoms. The van der Waals surface area contributed by atoms with Crippen LogP contribution in [0.15, 0.2) is 24.5 Å². The van der Waals surface area contributed by atoms with Gasteiger partial charge in [0.15, 0.2) is 0 Å². The fourth-order valence-corrected chi connectivity index (χ4v) is 1.97. The smallest absolute Gasteiger partial charge is 0.134 e. The molecule has 18 heavy (non-hydrogen) atoms. The molecule has 0 aliphatic carbocycles. The van der Waals surface area contributed by atoms with Gasteiger partial charge in [-0.1, -0.05) is 13.8 Å². The molecular weight excluding hydrogens is 224 g/mol. The lowest BCUT2D eigenvalue weighted by Crippen LogP contribution is -2.25. The van der Waals surface area contributed by atoms with Crippen LogP contribution in [0.4, 0.5) is 0 Å². The molecule has 4 nitrogen and oxygen atoms in total. The minimum absolute atomic E-state index is 0.0914. The Morgan fingerprint density at radius 2 is 2.11 bits per heavy atom. The summed E-state index contributed by atoms with van der Waals surface area (Å²) in [6.45, 7) is 6.91. The van der Waals surface area contributed by atoms with Gasteiger partial charge in [-0.2, -0.15) is 0 Å². The zero-order chi connectivity index (χ0) is 13.2. The van der Waals surface area contributed by atoms with E-state index in [0.717, 1.165) is 29.2 Å². The van der Waals surface area contributed by atoms with Crippen molar-refractivity contribution in [3.05, 3.63) is 36.0 Å². The molecule has 0 aliphatic rings. The molecule has 0 aliphatic heterocycles. The van der Waals surface area contributed by atoms with Gasteiger partial charge in [0.25, 0.3) is 0 Å². The van der Waals surface area contributed by atoms with Crippen molar-refractivity contribution in [1.29, 1.82) is 0 Å². The molecule has 0 aromatic carbocycles. The Labute approximate surface area is 108 Å². The van der Waals surface area contributed by atoms with Crippen LogP contribution in [0.5, 0.6) is 0 Å². The largest absolute Gasteiger partial charge is 0.367 e. The van der Waals surface area contributed by atoms with Gasteiger partial charge in [-0.25, -0.2) is 9.97 Å². The third kappa shape index (κ3) is 2.59. The number of aryl methyl sites for hydroxylation is 1. The van der Waals surface area contributed by atoms with E-state index >= 15 is 0 Å². The highest BCUT2D eigenvalue weighted by molar-refractivity contribution is 5.58. The number of nitrogens with two attached hydrogens (primary N) is 1. The minimum Gasteiger partial charge on any atom is -0.367 e. The summed E-state index contributed by atoms with van der Waals surface area (Å²) >= 11 is 0. The number of hydrogen-bond donors (Lipinski definition) is 2. The van der Waals surface area contributed by atoms with Crippen LogP contribution in [0.3, 0.4) is 0 Å². The molecule has 3 N–H and O–H groups in total. The lowest BCUT2D eigenvalue weighted by atomic mass is 9.88. The molecule has 0 spiro atoms. The van der Waals surface area contributed by atoms with E-state index in [1.165, 1.54) is 0 Å². The van der Waals surface area contributed by atoms with Gasteiger partial charge in [0.2, 0.25) is 0 Å². The van der Waals surface area contributed by atoms with E-state index in [2.05, 4.69) is 28.8 Å². The highest BCUT2D eigenvalue weighted by Crippen LogP contribution is 2.26. The summed E-state index contributed by atoms with van der Waals surface area (Å²) in [6, 6.07) is 4.02. The first kappa shape index (κ1) is 12.8. The first-order valence-electron chi connectivity index (χ1n) is 6.22. The van der Waals surface area contributed by atoms with Gasteiger partial charge in [0.1, 0.15) is 5.82 Å². The van der Waals surface area contributed by atoms with Gasteiger partial charge in [-0.05, 0) is 32.0 Å². The zero-order valence-electron chi connectivity index (χ0n) is 11.2. The van der Waals surface area contributed by atoms with Crippen molar-refractivity contribution in [2.24, 2.45) is 5.73 Å². The predicted octanol–water partition coefficient (Wildman–Crippen LogP) is 2.41. The van der Waals surface area contributed by atoms with E-state index in [4.69, 9.17) is 5.73 Å². The van der Waals surface area contributed by atoms with Crippen molar-refractivity contribution in [3.8, 4) is 11.3 Å². The second-order valence-corrected chi connectivity index (χ2v) is 5.24. The van der Waals surface area contributed by atoms with E-state index in [-0.39, 0.29) is 5.41 Å². The summed E-state index contributed by atoms with van der Waals surface area (Å²) in [4.78, 5) is 12.3. The molecule has 0 unspecified atom stereocenters. The quantitative estimate of drug-likeness (QED) is 0.867. The van der Waals surface area contributed by atoms with Crippen molar-refractivity contribution < 1.29 is 0 Å². The van der Waals surface area contributed by atoms with Crippen molar-refractivity contribution in [3.63, 3.8) is 0 Å². The van der Waals surface area contributed by atoms with Crippen molar-refractivity contribution >= 4 is 0 Å². The maximum atomic E-state index is 5.66. The monoisotopic (exact) mass is 244 g/mol. The van der Waals surface area contributed by atoms with Gasteiger partial charge in [-0.15, -0.1) is 0 Å². The average Bonchev–Trinajstić information content (AvgIpc) is 2.81. The lowest BCUT2D eigenvalue weighted by molar-refractivity contribution is 0.456. The molecule has 0 saturated carbocycles. The van der Waals surface area contributed by atoms with Crippen LogP contribution in [-0.4, -0.2) is 21.5 Å². The third-order valence-electron chi connectivity index (χ3n) is 3.12. The number of nitrogens with one attached hydrogen (secondary N) is 1. The molecule has 0 radical (unpaired) electrons. The first-order valence-corrected chi connectivity index (χ1v) is 6.22. The number of aromatic amines is 1. The Hall–Kier alpha value is -1.68. The average molecular weight is 244 g/mol. The van der Waals surface area contributed by atoms with Gasteiger partial charge < -0.3 is 10.7 Å². The molecule has 0 amide bonds. The summed E-state index contributed by atoms with van der Waals surface area (Å²) in [7, 11) is 0. The fourth-order valence-electron chi connectivity index (χ4n) is 1.97. The molecule has 2 heterocycles. The van der Waals surface area contributed by atoms with Crippen molar-refractivity contribution in [2.45, 2.75) is 32.6 Å². The molecule has 2 aromatic rings. The number of nitrogens with zero attached hydrogens (tertiary/aromatic N) is 2. The summed E-state index contributed by atoms with van der Waals surface area (Å²) in [5.74, 6) is 0.865. The second kappa shape index (κ2) is 4.90. The molecule has 0 saturated heterocycles. The van der Waals surface area contributed by atoms with Crippen molar-refractivity contribution in [2.75, 3.05) is 6.54 Å². The third-order valence-corrected chi connectivity index (χ3v) is 3.12. The maximum Gasteiger partial charge on any atom is 0.134 e. The number of hydrogen-bond acceptors (Lipinski definition) is 3. The Bertz CT molecular complexity index is 515. The maximum absolute atomic E-state index is 5.66. The summed E-state index contributed by atoms with van der Waals surface area (Å²) in [6.07, 6.45) is 4.72. The van der Waals surface area contributed by atoms with Crippen LogP contribution >= 0.6 is 0 Å². The number of aromatic nitrogens is 3. The second-order valence-electron chi connectivity index (χ2n) is 5.24. The van der Waals surface area contributed by atoms with Crippen molar-refractivity contribution in [1.82, 2.24) is 15.0 Å². The van der Waals surface area contributed by atoms with Gasteiger partial charge in [-0.3, -0.25) is 0 Å². The van der Waals surface area contributed by atoms with E-state index in [1.807, 2.05) is 31.5 Å². The standard InChI is InChI=1S/C14H20N4/c1-10-8-12(11-4-7-16-9-11)18-13(17-10)14(2,3)5-6-15/h4,7-9,16H,5-6,15H2,1-3H3. The van der Waals surface area contributed by atoms with Crippen LogP contribution in [0.2, 0.25) is 0 Å². The summed E-state index contributed by atoms with van der Waals surface area (Å²) in [5, 5.41) is 0. The zero-order valence-corrected chi connectivity index (χ0v) is 11.2.